The van der Waals surface area contributed by atoms with E-state index >= 15 is 0 Å². The minimum atomic E-state index is -3.59. The van der Waals surface area contributed by atoms with E-state index < -0.39 is 15.9 Å². The number of aryl methyl sites for hydroxylation is 1. The molecule has 2 aromatic carbocycles. The van der Waals surface area contributed by atoms with E-state index in [-0.39, 0.29) is 4.90 Å². The van der Waals surface area contributed by atoms with Gasteiger partial charge in [0, 0.05) is 25.2 Å². The van der Waals surface area contributed by atoms with Crippen LogP contribution in [0.3, 0.4) is 0 Å². The lowest BCUT2D eigenvalue weighted by Gasteiger charge is -2.34. The maximum Gasteiger partial charge on any atom is 0.279 e. The Hall–Kier alpha value is -2.49. The van der Waals surface area contributed by atoms with Crippen molar-refractivity contribution in [3.8, 4) is 5.75 Å². The largest absolute Gasteiger partial charge is 0.495 e. The Morgan fingerprint density at radius 1 is 1.12 bits per heavy atom. The summed E-state index contributed by atoms with van der Waals surface area (Å²) < 4.78 is 36.2. The molecule has 1 aromatic heterocycles. The highest BCUT2D eigenvalue weighted by Crippen LogP contribution is 2.28. The van der Waals surface area contributed by atoms with Gasteiger partial charge in [-0.1, -0.05) is 31.3 Å². The van der Waals surface area contributed by atoms with Gasteiger partial charge in [0.2, 0.25) is 10.0 Å². The van der Waals surface area contributed by atoms with Gasteiger partial charge >= 0.3 is 0 Å². The van der Waals surface area contributed by atoms with Crippen molar-refractivity contribution in [1.29, 1.82) is 0 Å². The lowest BCUT2D eigenvalue weighted by atomic mass is 9.94. The van der Waals surface area contributed by atoms with E-state index in [9.17, 15) is 13.2 Å². The van der Waals surface area contributed by atoms with Crippen molar-refractivity contribution in [2.45, 2.75) is 38.6 Å². The smallest absolute Gasteiger partial charge is 0.279 e. The molecule has 0 aliphatic carbocycles. The zero-order valence-corrected chi connectivity index (χ0v) is 20.9. The van der Waals surface area contributed by atoms with Crippen LogP contribution in [0.5, 0.6) is 5.75 Å². The van der Waals surface area contributed by atoms with Gasteiger partial charge in [-0.2, -0.15) is 9.30 Å². The number of hydrogen-bond donors (Lipinski definition) is 0. The predicted molar refractivity (Wildman–Crippen MR) is 130 cm³/mol. The number of hydrogen-bond acceptors (Lipinski definition) is 5. The molecule has 176 valence electrons. The lowest BCUT2D eigenvalue weighted by molar-refractivity contribution is 0.0997. The van der Waals surface area contributed by atoms with E-state index in [0.29, 0.717) is 41.8 Å². The number of sulfonamides is 1. The maximum atomic E-state index is 13.1. The van der Waals surface area contributed by atoms with E-state index in [4.69, 9.17) is 4.74 Å². The fourth-order valence-corrected chi connectivity index (χ4v) is 7.30. The van der Waals surface area contributed by atoms with E-state index in [1.165, 1.54) is 23.5 Å². The first kappa shape index (κ1) is 23.7. The summed E-state index contributed by atoms with van der Waals surface area (Å²) in [6, 6.07) is 11.9. The second-order valence-corrected chi connectivity index (χ2v) is 11.6. The van der Waals surface area contributed by atoms with Crippen LogP contribution in [0.25, 0.3) is 10.2 Å². The molecule has 1 saturated heterocycles. The number of rotatable bonds is 5. The predicted octanol–water partition coefficient (Wildman–Crippen LogP) is 4.14. The van der Waals surface area contributed by atoms with Crippen LogP contribution in [-0.2, 0) is 16.6 Å². The van der Waals surface area contributed by atoms with E-state index in [1.54, 1.807) is 23.5 Å². The molecule has 0 saturated carbocycles. The standard InChI is InChI=1S/C24H29N3O4S2/c1-5-27-22-20(31-4)7-6-8-21(22)32-24(27)25-23(28)18-9-11-19(12-10-18)33(29,30)26-14-16(2)13-17(3)15-26/h6-12,16-17H,5,13-15H2,1-4H3. The monoisotopic (exact) mass is 487 g/mol. The molecule has 3 aromatic rings. The number of amides is 1. The summed E-state index contributed by atoms with van der Waals surface area (Å²) >= 11 is 1.42. The third-order valence-corrected chi connectivity index (χ3v) is 8.86. The van der Waals surface area contributed by atoms with Crippen LogP contribution in [0.4, 0.5) is 0 Å². The normalized spacial score (nSPS) is 20.3. The Morgan fingerprint density at radius 2 is 1.79 bits per heavy atom. The molecule has 1 fully saturated rings. The molecule has 2 heterocycles. The van der Waals surface area contributed by atoms with Crippen molar-refractivity contribution < 1.29 is 17.9 Å². The number of carbonyl (C=O) groups excluding carboxylic acids is 1. The third-order valence-electron chi connectivity index (χ3n) is 5.97. The fourth-order valence-electron chi connectivity index (χ4n) is 4.51. The van der Waals surface area contributed by atoms with Crippen molar-refractivity contribution in [3.05, 3.63) is 52.8 Å². The van der Waals surface area contributed by atoms with Crippen LogP contribution in [0, 0.1) is 11.8 Å². The first-order valence-corrected chi connectivity index (χ1v) is 13.4. The van der Waals surface area contributed by atoms with Crippen molar-refractivity contribution in [1.82, 2.24) is 8.87 Å². The van der Waals surface area contributed by atoms with E-state index in [1.807, 2.05) is 29.7 Å². The average Bonchev–Trinajstić information content (AvgIpc) is 3.15. The summed E-state index contributed by atoms with van der Waals surface area (Å²) in [6.45, 7) is 7.83. The Bertz CT molecular complexity index is 1330. The van der Waals surface area contributed by atoms with Crippen LogP contribution >= 0.6 is 11.3 Å². The van der Waals surface area contributed by atoms with Gasteiger partial charge in [-0.25, -0.2) is 8.42 Å². The molecule has 33 heavy (non-hydrogen) atoms. The number of nitrogens with zero attached hydrogens (tertiary/aromatic N) is 3. The van der Waals surface area contributed by atoms with Gasteiger partial charge in [-0.15, -0.1) is 0 Å². The molecular weight excluding hydrogens is 458 g/mol. The third kappa shape index (κ3) is 4.62. The van der Waals surface area contributed by atoms with Gasteiger partial charge in [-0.3, -0.25) is 4.79 Å². The van der Waals surface area contributed by atoms with E-state index in [0.717, 1.165) is 22.4 Å². The number of aromatic nitrogens is 1. The Labute approximate surface area is 198 Å². The second kappa shape index (κ2) is 9.40. The highest BCUT2D eigenvalue weighted by Gasteiger charge is 2.31. The van der Waals surface area contributed by atoms with E-state index in [2.05, 4.69) is 18.8 Å². The van der Waals surface area contributed by atoms with Crippen LogP contribution in [0.1, 0.15) is 37.6 Å². The Balaban J connectivity index is 1.64. The first-order valence-electron chi connectivity index (χ1n) is 11.1. The number of carbonyl (C=O) groups is 1. The van der Waals surface area contributed by atoms with Crippen LogP contribution < -0.4 is 9.54 Å². The highest BCUT2D eigenvalue weighted by molar-refractivity contribution is 7.89. The van der Waals surface area contributed by atoms with Crippen molar-refractivity contribution >= 4 is 37.5 Å². The molecule has 2 atom stereocenters. The van der Waals surface area contributed by atoms with Crippen molar-refractivity contribution in [3.63, 3.8) is 0 Å². The Kier molecular flexibility index (Phi) is 6.74. The van der Waals surface area contributed by atoms with Crippen molar-refractivity contribution in [2.24, 2.45) is 16.8 Å². The summed E-state index contributed by atoms with van der Waals surface area (Å²) in [4.78, 5) is 18.0. The second-order valence-electron chi connectivity index (χ2n) is 8.65. The summed E-state index contributed by atoms with van der Waals surface area (Å²) in [5.74, 6) is 0.976. The number of para-hydroxylation sites is 1. The molecule has 9 heteroatoms. The van der Waals surface area contributed by atoms with Crippen LogP contribution in [-0.4, -0.2) is 43.4 Å². The number of fused-ring (bicyclic) bond motifs is 1. The van der Waals surface area contributed by atoms with Gasteiger partial charge < -0.3 is 9.30 Å². The number of thiazole rings is 1. The minimum absolute atomic E-state index is 0.204. The molecule has 1 amide bonds. The SMILES string of the molecule is CCn1c(=NC(=O)c2ccc(S(=O)(=O)N3CC(C)CC(C)C3)cc2)sc2cccc(OC)c21. The number of piperidine rings is 1. The van der Waals surface area contributed by atoms with Crippen LogP contribution in [0.2, 0.25) is 0 Å². The first-order chi connectivity index (χ1) is 15.7. The molecular formula is C24H29N3O4S2. The summed E-state index contributed by atoms with van der Waals surface area (Å²) in [6.07, 6.45) is 1.03. The lowest BCUT2D eigenvalue weighted by Crippen LogP contribution is -2.42. The topological polar surface area (TPSA) is 81.0 Å². The maximum absolute atomic E-state index is 13.1. The summed E-state index contributed by atoms with van der Waals surface area (Å²) in [5, 5.41) is 0. The van der Waals surface area contributed by atoms with Gasteiger partial charge in [0.1, 0.15) is 11.3 Å². The van der Waals surface area contributed by atoms with Gasteiger partial charge in [0.25, 0.3) is 5.91 Å². The minimum Gasteiger partial charge on any atom is -0.495 e. The molecule has 7 nitrogen and oxygen atoms in total. The van der Waals surface area contributed by atoms with Crippen molar-refractivity contribution in [2.75, 3.05) is 20.2 Å². The molecule has 4 rings (SSSR count). The van der Waals surface area contributed by atoms with Crippen LogP contribution in [0.15, 0.2) is 52.4 Å². The molecule has 1 aliphatic heterocycles. The number of methoxy groups -OCH3 is 1. The molecule has 1 aliphatic rings. The zero-order chi connectivity index (χ0) is 23.8. The van der Waals surface area contributed by atoms with Gasteiger partial charge in [0.05, 0.1) is 16.7 Å². The highest BCUT2D eigenvalue weighted by atomic mass is 32.2. The fraction of sp³-hybridized carbons (Fsp3) is 0.417. The molecule has 0 radical (unpaired) electrons. The molecule has 0 N–H and O–H groups in total. The molecule has 0 spiro atoms. The summed E-state index contributed by atoms with van der Waals surface area (Å²) in [7, 11) is -1.97. The number of ether oxygens (including phenoxy) is 1. The average molecular weight is 488 g/mol. The quantitative estimate of drug-likeness (QED) is 0.542. The molecule has 0 bridgehead atoms. The zero-order valence-electron chi connectivity index (χ0n) is 19.3. The Morgan fingerprint density at radius 3 is 2.39 bits per heavy atom. The number of benzene rings is 2. The van der Waals surface area contributed by atoms with Gasteiger partial charge in [0.15, 0.2) is 4.80 Å². The van der Waals surface area contributed by atoms with Gasteiger partial charge in [-0.05, 0) is 61.6 Å². The summed E-state index contributed by atoms with van der Waals surface area (Å²) in [5.41, 5.74) is 1.26. The molecule has 2 unspecified atom stereocenters.